The third kappa shape index (κ3) is 1.14. The molecule has 1 aliphatic carbocycles. The Morgan fingerprint density at radius 3 is 2.43 bits per heavy atom. The minimum Gasteiger partial charge on any atom is -0.290 e. The van der Waals surface area contributed by atoms with E-state index in [4.69, 9.17) is 5.73 Å². The molecular weight excluding hydrogens is 88.1 g/mol. The first kappa shape index (κ1) is 5.06. The molecule has 2 nitrogen and oxygen atoms in total. The van der Waals surface area contributed by atoms with Crippen molar-refractivity contribution in [3.63, 3.8) is 0 Å². The fourth-order valence-electron chi connectivity index (χ4n) is 0.644. The van der Waals surface area contributed by atoms with Gasteiger partial charge in [0.05, 0.1) is 6.67 Å². The molecule has 0 atom stereocenters. The Morgan fingerprint density at radius 1 is 1.71 bits per heavy atom. The van der Waals surface area contributed by atoms with Crippen LogP contribution in [0.5, 0.6) is 0 Å². The Morgan fingerprint density at radius 2 is 2.29 bits per heavy atom. The average Bonchev–Trinajstić information content (AvgIpc) is 2.44. The highest BCUT2D eigenvalue weighted by molar-refractivity contribution is 4.80. The van der Waals surface area contributed by atoms with E-state index >= 15 is 0 Å². The molecule has 0 aromatic carbocycles. The lowest BCUT2D eigenvalue weighted by molar-refractivity contribution is 0.329. The van der Waals surface area contributed by atoms with Gasteiger partial charge in [0.25, 0.3) is 0 Å². The zero-order valence-electron chi connectivity index (χ0n) is 4.65. The molecule has 0 amide bonds. The summed E-state index contributed by atoms with van der Waals surface area (Å²) < 4.78 is 0. The van der Waals surface area contributed by atoms with E-state index in [1.165, 1.54) is 12.8 Å². The van der Waals surface area contributed by atoms with E-state index in [0.29, 0.717) is 6.67 Å². The van der Waals surface area contributed by atoms with Gasteiger partial charge in [0.1, 0.15) is 0 Å². The Hall–Kier alpha value is -0.0800. The summed E-state index contributed by atoms with van der Waals surface area (Å²) in [7, 11) is 2.00. The number of nitrogens with one attached hydrogen (secondary N) is 1. The number of hydrogen-bond acceptors (Lipinski definition) is 1. The van der Waals surface area contributed by atoms with Crippen molar-refractivity contribution in [1.29, 1.82) is 0 Å². The van der Waals surface area contributed by atoms with Gasteiger partial charge in [-0.3, -0.25) is 4.90 Å². The second-order valence-corrected chi connectivity index (χ2v) is 2.15. The molecule has 41 valence electrons. The maximum Gasteiger partial charge on any atom is 0.0615 e. The van der Waals surface area contributed by atoms with Crippen molar-refractivity contribution in [2.75, 3.05) is 13.7 Å². The number of nitrogens with zero attached hydrogens (tertiary/aromatic N) is 1. The summed E-state index contributed by atoms with van der Waals surface area (Å²) in [5, 5.41) is 0. The van der Waals surface area contributed by atoms with E-state index in [1.54, 1.807) is 0 Å². The van der Waals surface area contributed by atoms with E-state index in [0.717, 1.165) is 6.04 Å². The van der Waals surface area contributed by atoms with Crippen LogP contribution in [0.1, 0.15) is 12.8 Å². The first-order chi connectivity index (χ1) is 3.34. The minimum absolute atomic E-state index is 0.463. The van der Waals surface area contributed by atoms with Gasteiger partial charge in [-0.25, -0.2) is 5.73 Å². The highest BCUT2D eigenvalue weighted by Crippen LogP contribution is 2.24. The molecule has 0 unspecified atom stereocenters. The number of rotatable bonds is 2. The van der Waals surface area contributed by atoms with E-state index in [-0.39, 0.29) is 0 Å². The second-order valence-electron chi connectivity index (χ2n) is 2.15. The van der Waals surface area contributed by atoms with Crippen molar-refractivity contribution >= 4 is 0 Å². The third-order valence-corrected chi connectivity index (χ3v) is 1.42. The van der Waals surface area contributed by atoms with Crippen LogP contribution in [0.4, 0.5) is 0 Å². The summed E-state index contributed by atoms with van der Waals surface area (Å²) in [6.07, 6.45) is 2.63. The predicted octanol–water partition coefficient (Wildman–Crippen LogP) is 0.321. The SMILES string of the molecule is CN(C[NH])C1CC1. The first-order valence-electron chi connectivity index (χ1n) is 2.69. The molecule has 1 radical (unpaired) electrons. The standard InChI is InChI=1S/C5H11N2/c1-7(4-6)5-2-3-5/h5-6H,2-4H2,1H3. The van der Waals surface area contributed by atoms with Crippen LogP contribution in [0.25, 0.3) is 0 Å². The van der Waals surface area contributed by atoms with E-state index < -0.39 is 0 Å². The zero-order chi connectivity index (χ0) is 5.28. The van der Waals surface area contributed by atoms with Gasteiger partial charge in [-0.2, -0.15) is 0 Å². The lowest BCUT2D eigenvalue weighted by atomic mass is 10.6. The largest absolute Gasteiger partial charge is 0.290 e. The molecule has 0 bridgehead atoms. The minimum atomic E-state index is 0.463. The molecule has 7 heavy (non-hydrogen) atoms. The van der Waals surface area contributed by atoms with Crippen molar-refractivity contribution in [3.05, 3.63) is 0 Å². The Kier molecular flexibility index (Phi) is 1.30. The lowest BCUT2D eigenvalue weighted by Gasteiger charge is -2.09. The highest BCUT2D eigenvalue weighted by Gasteiger charge is 2.24. The highest BCUT2D eigenvalue weighted by atomic mass is 15.2. The molecule has 0 aromatic heterocycles. The maximum absolute atomic E-state index is 6.90. The summed E-state index contributed by atoms with van der Waals surface area (Å²) in [5.41, 5.74) is 6.90. The van der Waals surface area contributed by atoms with Crippen LogP contribution < -0.4 is 5.73 Å². The van der Waals surface area contributed by atoms with Gasteiger partial charge in [0.2, 0.25) is 0 Å². The Labute approximate surface area is 44.3 Å². The van der Waals surface area contributed by atoms with E-state index in [1.807, 2.05) is 7.05 Å². The molecule has 2 heteroatoms. The maximum atomic E-state index is 6.90. The Bertz CT molecular complexity index is 59.1. The van der Waals surface area contributed by atoms with Gasteiger partial charge in [-0.15, -0.1) is 0 Å². The molecule has 0 aromatic rings. The lowest BCUT2D eigenvalue weighted by Crippen LogP contribution is -2.22. The summed E-state index contributed by atoms with van der Waals surface area (Å²) >= 11 is 0. The average molecular weight is 99.2 g/mol. The fourth-order valence-corrected chi connectivity index (χ4v) is 0.644. The molecule has 0 saturated heterocycles. The fraction of sp³-hybridized carbons (Fsp3) is 1.00. The van der Waals surface area contributed by atoms with Crippen LogP contribution in [-0.2, 0) is 0 Å². The van der Waals surface area contributed by atoms with Crippen LogP contribution in [0.2, 0.25) is 0 Å². The quantitative estimate of drug-likeness (QED) is 0.490. The first-order valence-corrected chi connectivity index (χ1v) is 2.69. The molecular formula is C5H11N2. The van der Waals surface area contributed by atoms with Gasteiger partial charge < -0.3 is 0 Å². The van der Waals surface area contributed by atoms with Crippen LogP contribution in [0.3, 0.4) is 0 Å². The van der Waals surface area contributed by atoms with Crippen molar-refractivity contribution in [3.8, 4) is 0 Å². The molecule has 1 fully saturated rings. The Balaban J connectivity index is 2.10. The predicted molar refractivity (Wildman–Crippen MR) is 28.7 cm³/mol. The van der Waals surface area contributed by atoms with E-state index in [9.17, 15) is 0 Å². The van der Waals surface area contributed by atoms with Gasteiger partial charge in [-0.1, -0.05) is 0 Å². The van der Waals surface area contributed by atoms with Gasteiger partial charge >= 0.3 is 0 Å². The van der Waals surface area contributed by atoms with Crippen LogP contribution >= 0.6 is 0 Å². The molecule has 1 N–H and O–H groups in total. The summed E-state index contributed by atoms with van der Waals surface area (Å²) in [5.74, 6) is 0. The van der Waals surface area contributed by atoms with E-state index in [2.05, 4.69) is 4.90 Å². The van der Waals surface area contributed by atoms with Crippen LogP contribution in [0.15, 0.2) is 0 Å². The zero-order valence-corrected chi connectivity index (χ0v) is 4.65. The molecule has 0 spiro atoms. The van der Waals surface area contributed by atoms with Crippen molar-refractivity contribution in [2.45, 2.75) is 18.9 Å². The molecule has 0 aliphatic heterocycles. The van der Waals surface area contributed by atoms with Gasteiger partial charge in [-0.05, 0) is 19.9 Å². The van der Waals surface area contributed by atoms with Crippen LogP contribution in [0, 0.1) is 0 Å². The summed E-state index contributed by atoms with van der Waals surface area (Å²) in [4.78, 5) is 2.07. The molecule has 1 saturated carbocycles. The van der Waals surface area contributed by atoms with Gasteiger partial charge in [0.15, 0.2) is 0 Å². The smallest absolute Gasteiger partial charge is 0.0615 e. The summed E-state index contributed by atoms with van der Waals surface area (Å²) in [6.45, 7) is 0.463. The van der Waals surface area contributed by atoms with Crippen molar-refractivity contribution < 1.29 is 0 Å². The molecule has 1 rings (SSSR count). The van der Waals surface area contributed by atoms with Crippen molar-refractivity contribution in [2.24, 2.45) is 0 Å². The summed E-state index contributed by atoms with van der Waals surface area (Å²) in [6, 6.07) is 0.762. The number of hydrogen-bond donors (Lipinski definition) is 0. The monoisotopic (exact) mass is 99.1 g/mol. The molecule has 1 aliphatic rings. The third-order valence-electron chi connectivity index (χ3n) is 1.42. The second kappa shape index (κ2) is 1.80. The van der Waals surface area contributed by atoms with Crippen LogP contribution in [-0.4, -0.2) is 24.7 Å². The normalized spacial score (nSPS) is 21.0. The topological polar surface area (TPSA) is 27.0 Å². The molecule has 0 heterocycles. The van der Waals surface area contributed by atoms with Gasteiger partial charge in [0, 0.05) is 6.04 Å². The van der Waals surface area contributed by atoms with Crippen molar-refractivity contribution in [1.82, 2.24) is 10.6 Å².